The maximum absolute atomic E-state index is 12.2. The topological polar surface area (TPSA) is 93.7 Å². The van der Waals surface area contributed by atoms with Gasteiger partial charge in [0.25, 0.3) is 5.91 Å². The van der Waals surface area contributed by atoms with Crippen LogP contribution in [0.5, 0.6) is 11.5 Å². The lowest BCUT2D eigenvalue weighted by atomic mass is 9.87. The van der Waals surface area contributed by atoms with Crippen molar-refractivity contribution in [3.8, 4) is 11.5 Å². The Kier molecular flexibility index (Phi) is 9.94. The van der Waals surface area contributed by atoms with Gasteiger partial charge in [-0.25, -0.2) is 0 Å². The molecule has 2 N–H and O–H groups in total. The molecule has 3 aromatic carbocycles. The molecular weight excluding hydrogens is 572 g/mol. The molecule has 0 heterocycles. The summed E-state index contributed by atoms with van der Waals surface area (Å²) in [6, 6.07) is 18.3. The highest BCUT2D eigenvalue weighted by atomic mass is 79.9. The van der Waals surface area contributed by atoms with Gasteiger partial charge in [-0.15, -0.1) is 0 Å². The van der Waals surface area contributed by atoms with E-state index in [1.54, 1.807) is 36.4 Å². The number of rotatable bonds is 9. The number of hydrogen-bond donors (Lipinski definition) is 2. The number of benzene rings is 3. The van der Waals surface area contributed by atoms with Crippen molar-refractivity contribution in [1.82, 2.24) is 0 Å². The molecule has 0 spiro atoms. The Morgan fingerprint density at radius 2 is 1.47 bits per heavy atom. The van der Waals surface area contributed by atoms with Crippen molar-refractivity contribution < 1.29 is 23.9 Å². The van der Waals surface area contributed by atoms with Crippen LogP contribution in [0.2, 0.25) is 5.02 Å². The summed E-state index contributed by atoms with van der Waals surface area (Å²) in [4.78, 5) is 36.3. The molecule has 38 heavy (non-hydrogen) atoms. The van der Waals surface area contributed by atoms with Crippen molar-refractivity contribution in [1.29, 1.82) is 0 Å². The van der Waals surface area contributed by atoms with Crippen LogP contribution < -0.4 is 15.4 Å². The molecule has 0 bridgehead atoms. The number of halogens is 2. The summed E-state index contributed by atoms with van der Waals surface area (Å²) in [7, 11) is 0. The number of hydrogen-bond acceptors (Lipinski definition) is 5. The minimum atomic E-state index is -0.651. The predicted octanol–water partition coefficient (Wildman–Crippen LogP) is 7.40. The molecule has 0 radical (unpaired) electrons. The average Bonchev–Trinajstić information content (AvgIpc) is 2.86. The van der Waals surface area contributed by atoms with Gasteiger partial charge in [-0.05, 0) is 87.9 Å². The zero-order valence-electron chi connectivity index (χ0n) is 21.7. The lowest BCUT2D eigenvalue weighted by molar-refractivity contribution is -0.147. The van der Waals surface area contributed by atoms with Gasteiger partial charge in [0.15, 0.2) is 6.61 Å². The Labute approximate surface area is 236 Å². The maximum Gasteiger partial charge on any atom is 0.306 e. The van der Waals surface area contributed by atoms with Crippen LogP contribution in [0.3, 0.4) is 0 Å². The average molecular weight is 602 g/mol. The third kappa shape index (κ3) is 8.89. The number of nitrogens with one attached hydrogen (secondary N) is 2. The summed E-state index contributed by atoms with van der Waals surface area (Å²) in [6.07, 6.45) is -0.242. The first kappa shape index (κ1) is 29.2. The molecule has 0 fully saturated rings. The van der Waals surface area contributed by atoms with E-state index in [1.807, 2.05) is 31.2 Å². The largest absolute Gasteiger partial charge is 0.457 e. The molecule has 0 aromatic heterocycles. The van der Waals surface area contributed by atoms with Gasteiger partial charge in [0, 0.05) is 22.3 Å². The number of carbonyl (C=O) groups is 3. The van der Waals surface area contributed by atoms with E-state index in [1.165, 1.54) is 5.56 Å². The fourth-order valence-electron chi connectivity index (χ4n) is 3.39. The summed E-state index contributed by atoms with van der Waals surface area (Å²) in [5, 5.41) is 5.82. The Morgan fingerprint density at radius 3 is 2.08 bits per heavy atom. The van der Waals surface area contributed by atoms with Crippen molar-refractivity contribution in [2.45, 2.75) is 46.0 Å². The highest BCUT2D eigenvalue weighted by Crippen LogP contribution is 2.29. The van der Waals surface area contributed by atoms with Gasteiger partial charge in [0.1, 0.15) is 11.5 Å². The Balaban J connectivity index is 1.39. The molecule has 0 aliphatic heterocycles. The molecule has 0 saturated carbocycles. The van der Waals surface area contributed by atoms with E-state index in [2.05, 4.69) is 47.3 Å². The van der Waals surface area contributed by atoms with Crippen LogP contribution in [0.25, 0.3) is 0 Å². The monoisotopic (exact) mass is 600 g/mol. The first-order valence-electron chi connectivity index (χ1n) is 12.0. The SMILES string of the molecule is Cc1cc(Br)c(Cl)cc1NC(=O)COC(=O)CCC(=O)Nc1ccc(Oc2ccc(C(C)(C)C)cc2)cc1. The molecule has 3 aromatic rings. The Hall–Kier alpha value is -3.36. The smallest absolute Gasteiger partial charge is 0.306 e. The lowest BCUT2D eigenvalue weighted by Crippen LogP contribution is -2.22. The number of anilines is 2. The summed E-state index contributed by atoms with van der Waals surface area (Å²) in [6.45, 7) is 7.81. The lowest BCUT2D eigenvalue weighted by Gasteiger charge is -2.19. The maximum atomic E-state index is 12.2. The second kappa shape index (κ2) is 12.9. The number of amides is 2. The van der Waals surface area contributed by atoms with Gasteiger partial charge in [0.2, 0.25) is 5.91 Å². The molecule has 2 amide bonds. The molecule has 9 heteroatoms. The van der Waals surface area contributed by atoms with Gasteiger partial charge in [-0.3, -0.25) is 14.4 Å². The summed E-state index contributed by atoms with van der Waals surface area (Å²) in [5.74, 6) is -0.150. The van der Waals surface area contributed by atoms with E-state index in [9.17, 15) is 14.4 Å². The predicted molar refractivity (Wildman–Crippen MR) is 153 cm³/mol. The van der Waals surface area contributed by atoms with E-state index in [-0.39, 0.29) is 24.2 Å². The summed E-state index contributed by atoms with van der Waals surface area (Å²) in [5.41, 5.74) is 3.18. The second-order valence-corrected chi connectivity index (χ2v) is 11.0. The van der Waals surface area contributed by atoms with E-state index in [4.69, 9.17) is 21.1 Å². The molecule has 0 aliphatic rings. The van der Waals surface area contributed by atoms with E-state index >= 15 is 0 Å². The fraction of sp³-hybridized carbons (Fsp3) is 0.276. The quantitative estimate of drug-likeness (QED) is 0.249. The minimum absolute atomic E-state index is 0.0680. The van der Waals surface area contributed by atoms with Gasteiger partial charge in [-0.1, -0.05) is 44.5 Å². The molecule has 3 rings (SSSR count). The molecule has 7 nitrogen and oxygen atoms in total. The van der Waals surface area contributed by atoms with Crippen molar-refractivity contribution in [3.05, 3.63) is 81.3 Å². The zero-order valence-corrected chi connectivity index (χ0v) is 24.0. The Bertz CT molecular complexity index is 1300. The minimum Gasteiger partial charge on any atom is -0.457 e. The van der Waals surface area contributed by atoms with E-state index < -0.39 is 18.5 Å². The van der Waals surface area contributed by atoms with Crippen LogP contribution in [0.1, 0.15) is 44.7 Å². The van der Waals surface area contributed by atoms with Crippen molar-refractivity contribution >= 4 is 56.7 Å². The van der Waals surface area contributed by atoms with Gasteiger partial charge >= 0.3 is 5.97 Å². The van der Waals surface area contributed by atoms with Crippen LogP contribution in [-0.4, -0.2) is 24.4 Å². The van der Waals surface area contributed by atoms with Gasteiger partial charge in [0.05, 0.1) is 11.4 Å². The van der Waals surface area contributed by atoms with Crippen molar-refractivity contribution in [3.63, 3.8) is 0 Å². The van der Waals surface area contributed by atoms with E-state index in [0.29, 0.717) is 26.6 Å². The van der Waals surface area contributed by atoms with Crippen molar-refractivity contribution in [2.75, 3.05) is 17.2 Å². The standard InChI is InChI=1S/C29H30BrClN2O5/c1-18-15-23(30)24(31)16-25(18)33-27(35)17-37-28(36)14-13-26(34)32-20-7-11-22(12-8-20)38-21-9-5-19(6-10-21)29(2,3)4/h5-12,15-16H,13-14,17H2,1-4H3,(H,32,34)(H,33,35). The highest BCUT2D eigenvalue weighted by molar-refractivity contribution is 9.10. The fourth-order valence-corrected chi connectivity index (χ4v) is 4.01. The zero-order chi connectivity index (χ0) is 27.9. The van der Waals surface area contributed by atoms with Crippen LogP contribution in [0.4, 0.5) is 11.4 Å². The molecule has 0 aliphatic carbocycles. The third-order valence-corrected chi connectivity index (χ3v) is 6.75. The second-order valence-electron chi connectivity index (χ2n) is 9.74. The summed E-state index contributed by atoms with van der Waals surface area (Å²) >= 11 is 9.37. The normalized spacial score (nSPS) is 11.0. The van der Waals surface area contributed by atoms with Crippen LogP contribution in [0, 0.1) is 6.92 Å². The number of esters is 1. The molecule has 0 atom stereocenters. The Morgan fingerprint density at radius 1 is 0.868 bits per heavy atom. The highest BCUT2D eigenvalue weighted by Gasteiger charge is 2.14. The van der Waals surface area contributed by atoms with Gasteiger partial charge in [-0.2, -0.15) is 0 Å². The molecule has 0 unspecified atom stereocenters. The number of aryl methyl sites for hydroxylation is 1. The first-order chi connectivity index (χ1) is 17.9. The van der Waals surface area contributed by atoms with E-state index in [0.717, 1.165) is 11.3 Å². The number of carbonyl (C=O) groups excluding carboxylic acids is 3. The van der Waals surface area contributed by atoms with Gasteiger partial charge < -0.3 is 20.1 Å². The summed E-state index contributed by atoms with van der Waals surface area (Å²) < 4.78 is 11.6. The van der Waals surface area contributed by atoms with Crippen LogP contribution in [-0.2, 0) is 24.5 Å². The number of ether oxygens (including phenoxy) is 2. The molecular formula is C29H30BrClN2O5. The first-order valence-corrected chi connectivity index (χ1v) is 13.2. The molecule has 0 saturated heterocycles. The van der Waals surface area contributed by atoms with Crippen LogP contribution in [0.15, 0.2) is 65.1 Å². The molecule has 200 valence electrons. The van der Waals surface area contributed by atoms with Crippen molar-refractivity contribution in [2.24, 2.45) is 0 Å². The van der Waals surface area contributed by atoms with Crippen LogP contribution >= 0.6 is 27.5 Å². The third-order valence-electron chi connectivity index (χ3n) is 5.56.